The number of nitrogens with one attached hydrogen (secondary N) is 1. The molecule has 2 rings (SSSR count). The Balaban J connectivity index is 1.82. The van der Waals surface area contributed by atoms with Crippen LogP contribution in [-0.4, -0.2) is 42.3 Å². The van der Waals surface area contributed by atoms with E-state index in [2.05, 4.69) is 10.2 Å². The lowest BCUT2D eigenvalue weighted by atomic mass is 10.1. The summed E-state index contributed by atoms with van der Waals surface area (Å²) in [6.45, 7) is 6.06. The zero-order valence-electron chi connectivity index (χ0n) is 9.53. The van der Waals surface area contributed by atoms with E-state index in [1.54, 1.807) is 0 Å². The average molecular weight is 212 g/mol. The van der Waals surface area contributed by atoms with E-state index in [0.717, 1.165) is 13.0 Å². The third-order valence-corrected chi connectivity index (χ3v) is 3.25. The lowest BCUT2D eigenvalue weighted by molar-refractivity contribution is 0.110. The normalized spacial score (nSPS) is 30.6. The summed E-state index contributed by atoms with van der Waals surface area (Å²) in [4.78, 5) is 13.9. The van der Waals surface area contributed by atoms with Crippen LogP contribution >= 0.6 is 0 Å². The first-order valence-corrected chi connectivity index (χ1v) is 5.88. The summed E-state index contributed by atoms with van der Waals surface area (Å²) in [6, 6.07) is 0.864. The van der Waals surface area contributed by atoms with Crippen molar-refractivity contribution in [2.75, 3.05) is 13.1 Å². The predicted octanol–water partition coefficient (Wildman–Crippen LogP) is 1.36. The number of carbonyl (C=O) groups is 1. The molecule has 1 N–H and O–H groups in total. The number of hydrogen-bond acceptors (Lipinski definition) is 3. The molecule has 2 saturated heterocycles. The van der Waals surface area contributed by atoms with Gasteiger partial charge in [0.2, 0.25) is 0 Å². The zero-order chi connectivity index (χ0) is 10.8. The van der Waals surface area contributed by atoms with Crippen LogP contribution in [0, 0.1) is 0 Å². The maximum Gasteiger partial charge on any atom is 0.407 e. The predicted molar refractivity (Wildman–Crippen MR) is 57.8 cm³/mol. The Kier molecular flexibility index (Phi) is 3.14. The molecule has 86 valence electrons. The van der Waals surface area contributed by atoms with Gasteiger partial charge in [-0.15, -0.1) is 0 Å². The van der Waals surface area contributed by atoms with Crippen LogP contribution in [0.2, 0.25) is 0 Å². The van der Waals surface area contributed by atoms with Crippen molar-refractivity contribution in [3.8, 4) is 0 Å². The minimum absolute atomic E-state index is 0.0360. The van der Waals surface area contributed by atoms with Crippen molar-refractivity contribution >= 4 is 6.09 Å². The summed E-state index contributed by atoms with van der Waals surface area (Å²) in [6.07, 6.45) is 3.25. The largest absolute Gasteiger partial charge is 0.447 e. The molecule has 0 aromatic carbocycles. The summed E-state index contributed by atoms with van der Waals surface area (Å²) < 4.78 is 5.09. The van der Waals surface area contributed by atoms with Gasteiger partial charge < -0.3 is 10.1 Å². The van der Waals surface area contributed by atoms with Crippen molar-refractivity contribution in [2.24, 2.45) is 0 Å². The van der Waals surface area contributed by atoms with Gasteiger partial charge in [0.05, 0.1) is 6.10 Å². The molecule has 0 bridgehead atoms. The van der Waals surface area contributed by atoms with E-state index in [1.165, 1.54) is 19.4 Å². The Morgan fingerprint density at radius 2 is 2.20 bits per heavy atom. The summed E-state index contributed by atoms with van der Waals surface area (Å²) in [5.74, 6) is 0. The highest BCUT2D eigenvalue weighted by Crippen LogP contribution is 2.27. The third-order valence-electron chi connectivity index (χ3n) is 3.25. The van der Waals surface area contributed by atoms with E-state index in [1.807, 2.05) is 13.8 Å². The fraction of sp³-hybridized carbons (Fsp3) is 0.909. The van der Waals surface area contributed by atoms with Gasteiger partial charge in [-0.05, 0) is 39.7 Å². The molecule has 0 saturated carbocycles. The van der Waals surface area contributed by atoms with Crippen molar-refractivity contribution in [2.45, 2.75) is 51.3 Å². The number of nitrogens with zero attached hydrogens (tertiary/aromatic N) is 1. The molecule has 2 aliphatic heterocycles. The molecule has 2 heterocycles. The lowest BCUT2D eigenvalue weighted by Crippen LogP contribution is -2.43. The van der Waals surface area contributed by atoms with Crippen LogP contribution in [0.15, 0.2) is 0 Å². The molecule has 2 aliphatic rings. The van der Waals surface area contributed by atoms with Crippen LogP contribution in [0.1, 0.15) is 33.1 Å². The summed E-state index contributed by atoms with van der Waals surface area (Å²) >= 11 is 0. The molecule has 2 atom stereocenters. The van der Waals surface area contributed by atoms with Crippen molar-refractivity contribution < 1.29 is 9.53 Å². The van der Waals surface area contributed by atoms with E-state index in [4.69, 9.17) is 4.74 Å². The SMILES string of the molecule is CC(C)OC(=O)NC1CCN2CCCC12. The summed E-state index contributed by atoms with van der Waals surface area (Å²) in [5.41, 5.74) is 0. The Morgan fingerprint density at radius 1 is 1.40 bits per heavy atom. The maximum absolute atomic E-state index is 11.4. The quantitative estimate of drug-likeness (QED) is 0.751. The number of hydrogen-bond donors (Lipinski definition) is 1. The molecule has 4 nitrogen and oxygen atoms in total. The minimum Gasteiger partial charge on any atom is -0.447 e. The van der Waals surface area contributed by atoms with Crippen molar-refractivity contribution in [1.82, 2.24) is 10.2 Å². The van der Waals surface area contributed by atoms with Crippen LogP contribution in [0.3, 0.4) is 0 Å². The number of ether oxygens (including phenoxy) is 1. The van der Waals surface area contributed by atoms with Gasteiger partial charge >= 0.3 is 6.09 Å². The van der Waals surface area contributed by atoms with E-state index in [-0.39, 0.29) is 12.2 Å². The smallest absolute Gasteiger partial charge is 0.407 e. The Bertz CT molecular complexity index is 243. The van der Waals surface area contributed by atoms with Gasteiger partial charge in [-0.1, -0.05) is 0 Å². The highest BCUT2D eigenvalue weighted by molar-refractivity contribution is 5.67. The highest BCUT2D eigenvalue weighted by atomic mass is 16.6. The molecule has 0 aromatic heterocycles. The molecule has 1 amide bonds. The molecule has 2 fully saturated rings. The first kappa shape index (κ1) is 10.7. The molecular weight excluding hydrogens is 192 g/mol. The van der Waals surface area contributed by atoms with Gasteiger partial charge in [-0.3, -0.25) is 4.90 Å². The number of alkyl carbamates (subject to hydrolysis) is 1. The minimum atomic E-state index is -0.260. The Labute approximate surface area is 91.0 Å². The Morgan fingerprint density at radius 3 is 2.93 bits per heavy atom. The molecule has 15 heavy (non-hydrogen) atoms. The monoisotopic (exact) mass is 212 g/mol. The van der Waals surface area contributed by atoms with E-state index >= 15 is 0 Å². The van der Waals surface area contributed by atoms with Gasteiger partial charge in [0.25, 0.3) is 0 Å². The molecule has 0 aliphatic carbocycles. The van der Waals surface area contributed by atoms with Gasteiger partial charge in [-0.25, -0.2) is 4.79 Å². The third kappa shape index (κ3) is 2.43. The van der Waals surface area contributed by atoms with E-state index < -0.39 is 0 Å². The van der Waals surface area contributed by atoms with Gasteiger partial charge in [-0.2, -0.15) is 0 Å². The standard InChI is InChI=1S/C11H20N2O2/c1-8(2)15-11(14)12-9-5-7-13-6-3-4-10(9)13/h8-10H,3-7H2,1-2H3,(H,12,14). The number of carbonyl (C=O) groups excluding carboxylic acids is 1. The maximum atomic E-state index is 11.4. The van der Waals surface area contributed by atoms with Crippen molar-refractivity contribution in [3.05, 3.63) is 0 Å². The van der Waals surface area contributed by atoms with E-state index in [0.29, 0.717) is 12.1 Å². The van der Waals surface area contributed by atoms with Gasteiger partial charge in [0.15, 0.2) is 0 Å². The van der Waals surface area contributed by atoms with Crippen LogP contribution in [0.4, 0.5) is 4.79 Å². The molecule has 0 radical (unpaired) electrons. The van der Waals surface area contributed by atoms with Crippen LogP contribution in [-0.2, 0) is 4.74 Å². The fourth-order valence-corrected chi connectivity index (χ4v) is 2.65. The number of fused-ring (bicyclic) bond motifs is 1. The van der Waals surface area contributed by atoms with E-state index in [9.17, 15) is 4.79 Å². The lowest BCUT2D eigenvalue weighted by Gasteiger charge is -2.21. The second kappa shape index (κ2) is 4.39. The number of amides is 1. The van der Waals surface area contributed by atoms with Crippen LogP contribution in [0.25, 0.3) is 0 Å². The topological polar surface area (TPSA) is 41.6 Å². The molecule has 4 heteroatoms. The summed E-state index contributed by atoms with van der Waals surface area (Å²) in [5, 5.41) is 2.98. The first-order chi connectivity index (χ1) is 7.16. The second-order valence-electron chi connectivity index (χ2n) is 4.74. The zero-order valence-corrected chi connectivity index (χ0v) is 9.53. The van der Waals surface area contributed by atoms with Crippen molar-refractivity contribution in [3.63, 3.8) is 0 Å². The highest BCUT2D eigenvalue weighted by Gasteiger charge is 2.38. The Hall–Kier alpha value is -0.770. The molecular formula is C11H20N2O2. The molecule has 0 spiro atoms. The molecule has 2 unspecified atom stereocenters. The first-order valence-electron chi connectivity index (χ1n) is 5.88. The van der Waals surface area contributed by atoms with Crippen LogP contribution in [0.5, 0.6) is 0 Å². The van der Waals surface area contributed by atoms with Crippen LogP contribution < -0.4 is 5.32 Å². The van der Waals surface area contributed by atoms with Crippen molar-refractivity contribution in [1.29, 1.82) is 0 Å². The summed E-state index contributed by atoms with van der Waals surface area (Å²) in [7, 11) is 0. The molecule has 0 aromatic rings. The fourth-order valence-electron chi connectivity index (χ4n) is 2.65. The van der Waals surface area contributed by atoms with Gasteiger partial charge in [0.1, 0.15) is 0 Å². The second-order valence-corrected chi connectivity index (χ2v) is 4.74. The number of rotatable bonds is 2. The average Bonchev–Trinajstić information content (AvgIpc) is 2.68. The van der Waals surface area contributed by atoms with Gasteiger partial charge in [0, 0.05) is 18.6 Å².